The molecule has 0 bridgehead atoms. The van der Waals surface area contributed by atoms with Crippen LogP contribution in [0.4, 0.5) is 13.2 Å². The van der Waals surface area contributed by atoms with Crippen LogP contribution >= 0.6 is 0 Å². The summed E-state index contributed by atoms with van der Waals surface area (Å²) in [6.07, 6.45) is -0.567. The van der Waals surface area contributed by atoms with Gasteiger partial charge in [-0.3, -0.25) is 0 Å². The molecule has 0 saturated heterocycles. The van der Waals surface area contributed by atoms with Crippen molar-refractivity contribution in [3.8, 4) is 0 Å². The number of methoxy groups -OCH3 is 1. The summed E-state index contributed by atoms with van der Waals surface area (Å²) in [6.45, 7) is 1.09. The summed E-state index contributed by atoms with van der Waals surface area (Å²) in [7, 11) is 0.873. The fraction of sp³-hybridized carbons (Fsp3) is 0.917. The molecule has 0 heterocycles. The maximum Gasteiger partial charge on any atom is 0.347 e. The van der Waals surface area contributed by atoms with E-state index in [0.717, 1.165) is 33.3 Å². The normalized spacial score (nSPS) is 21.4. The molecule has 0 aromatic rings. The minimum atomic E-state index is -3.87. The largest absolute Gasteiger partial charge is 0.467 e. The van der Waals surface area contributed by atoms with Crippen LogP contribution in [0, 0.1) is 0 Å². The monoisotopic (exact) mass is 268 g/mol. The number of halogens is 3. The van der Waals surface area contributed by atoms with Crippen molar-refractivity contribution in [2.45, 2.75) is 63.3 Å². The third-order valence-electron chi connectivity index (χ3n) is 3.24. The molecule has 106 valence electrons. The third-order valence-corrected chi connectivity index (χ3v) is 3.24. The topological polar surface area (TPSA) is 35.5 Å². The molecule has 1 saturated carbocycles. The van der Waals surface area contributed by atoms with Gasteiger partial charge < -0.3 is 9.47 Å². The standard InChI is InChI=1S/C12H19F3O3/c1-8(18-9-6-4-3-5-7-9)12(14,15)10(13)11(16)17-2/h8-10H,3-7H2,1-2H3. The average molecular weight is 268 g/mol. The molecule has 1 aliphatic rings. The van der Waals surface area contributed by atoms with Crippen LogP contribution < -0.4 is 0 Å². The number of rotatable bonds is 5. The Hall–Kier alpha value is -0.780. The van der Waals surface area contributed by atoms with E-state index in [2.05, 4.69) is 4.74 Å². The Balaban J connectivity index is 2.56. The number of hydrogen-bond donors (Lipinski definition) is 0. The van der Waals surface area contributed by atoms with Crippen LogP contribution in [0.3, 0.4) is 0 Å². The fourth-order valence-electron chi connectivity index (χ4n) is 2.05. The molecule has 3 nitrogen and oxygen atoms in total. The van der Waals surface area contributed by atoms with E-state index in [4.69, 9.17) is 4.74 Å². The van der Waals surface area contributed by atoms with E-state index in [1.165, 1.54) is 0 Å². The SMILES string of the molecule is COC(=O)C(F)C(F)(F)C(C)OC1CCCCC1. The van der Waals surface area contributed by atoms with E-state index < -0.39 is 24.2 Å². The Morgan fingerprint density at radius 3 is 2.33 bits per heavy atom. The molecular weight excluding hydrogens is 249 g/mol. The zero-order valence-corrected chi connectivity index (χ0v) is 10.6. The lowest BCUT2D eigenvalue weighted by atomic mass is 9.97. The van der Waals surface area contributed by atoms with E-state index in [0.29, 0.717) is 12.8 Å². The predicted octanol–water partition coefficient (Wildman–Crippen LogP) is 2.87. The molecule has 0 aliphatic heterocycles. The van der Waals surface area contributed by atoms with Crippen LogP contribution in [-0.2, 0) is 14.3 Å². The number of ether oxygens (including phenoxy) is 2. The van der Waals surface area contributed by atoms with Gasteiger partial charge in [0.05, 0.1) is 13.2 Å². The third kappa shape index (κ3) is 3.60. The van der Waals surface area contributed by atoms with Crippen molar-refractivity contribution in [1.82, 2.24) is 0 Å². The second kappa shape index (κ2) is 6.41. The molecule has 2 unspecified atom stereocenters. The first-order valence-electron chi connectivity index (χ1n) is 6.14. The van der Waals surface area contributed by atoms with Crippen LogP contribution in [0.5, 0.6) is 0 Å². The molecule has 18 heavy (non-hydrogen) atoms. The van der Waals surface area contributed by atoms with Crippen LogP contribution in [0.2, 0.25) is 0 Å². The van der Waals surface area contributed by atoms with Crippen molar-refractivity contribution in [3.05, 3.63) is 0 Å². The molecule has 0 spiro atoms. The summed E-state index contributed by atoms with van der Waals surface area (Å²) in [5, 5.41) is 0. The number of hydrogen-bond acceptors (Lipinski definition) is 3. The minimum absolute atomic E-state index is 0.274. The van der Waals surface area contributed by atoms with Gasteiger partial charge in [0.1, 0.15) is 6.10 Å². The Kier molecular flexibility index (Phi) is 5.44. The highest BCUT2D eigenvalue weighted by Crippen LogP contribution is 2.31. The van der Waals surface area contributed by atoms with E-state index in [1.54, 1.807) is 0 Å². The van der Waals surface area contributed by atoms with Crippen molar-refractivity contribution in [2.75, 3.05) is 7.11 Å². The van der Waals surface area contributed by atoms with Crippen LogP contribution in [0.25, 0.3) is 0 Å². The number of carbonyl (C=O) groups is 1. The van der Waals surface area contributed by atoms with Gasteiger partial charge in [-0.05, 0) is 19.8 Å². The summed E-state index contributed by atoms with van der Waals surface area (Å²) < 4.78 is 49.6. The number of carbonyl (C=O) groups excluding carboxylic acids is 1. The molecule has 2 atom stereocenters. The predicted molar refractivity (Wildman–Crippen MR) is 59.3 cm³/mol. The lowest BCUT2D eigenvalue weighted by Crippen LogP contribution is -2.48. The van der Waals surface area contributed by atoms with Gasteiger partial charge in [-0.2, -0.15) is 8.78 Å². The van der Waals surface area contributed by atoms with E-state index in [1.807, 2.05) is 0 Å². The Morgan fingerprint density at radius 1 is 1.28 bits per heavy atom. The molecule has 1 fully saturated rings. The van der Waals surface area contributed by atoms with Crippen molar-refractivity contribution >= 4 is 5.97 Å². The molecule has 0 N–H and O–H groups in total. The smallest absolute Gasteiger partial charge is 0.347 e. The van der Waals surface area contributed by atoms with Crippen molar-refractivity contribution < 1.29 is 27.4 Å². The van der Waals surface area contributed by atoms with Gasteiger partial charge in [-0.15, -0.1) is 0 Å². The van der Waals surface area contributed by atoms with Crippen LogP contribution in [0.1, 0.15) is 39.0 Å². The summed E-state index contributed by atoms with van der Waals surface area (Å²) in [4.78, 5) is 10.8. The molecule has 1 rings (SSSR count). The van der Waals surface area contributed by atoms with Crippen LogP contribution in [-0.4, -0.2) is 37.4 Å². The Labute approximate surface area is 105 Å². The Bertz CT molecular complexity index is 278. The van der Waals surface area contributed by atoms with Gasteiger partial charge in [0.2, 0.25) is 0 Å². The highest BCUT2D eigenvalue weighted by Gasteiger charge is 2.51. The summed E-state index contributed by atoms with van der Waals surface area (Å²) in [5.41, 5.74) is 0. The average Bonchev–Trinajstić information content (AvgIpc) is 2.37. The van der Waals surface area contributed by atoms with Gasteiger partial charge in [0, 0.05) is 0 Å². The lowest BCUT2D eigenvalue weighted by Gasteiger charge is -2.31. The summed E-state index contributed by atoms with van der Waals surface area (Å²) >= 11 is 0. The lowest BCUT2D eigenvalue weighted by molar-refractivity contribution is -0.201. The zero-order chi connectivity index (χ0) is 13.8. The maximum atomic E-state index is 13.6. The second-order valence-electron chi connectivity index (χ2n) is 4.60. The van der Waals surface area contributed by atoms with Crippen molar-refractivity contribution in [2.24, 2.45) is 0 Å². The van der Waals surface area contributed by atoms with Gasteiger partial charge in [0.25, 0.3) is 6.17 Å². The second-order valence-corrected chi connectivity index (χ2v) is 4.60. The minimum Gasteiger partial charge on any atom is -0.467 e. The first-order chi connectivity index (χ1) is 8.39. The van der Waals surface area contributed by atoms with E-state index in [9.17, 15) is 18.0 Å². The molecule has 0 aromatic heterocycles. The highest BCUT2D eigenvalue weighted by atomic mass is 19.3. The van der Waals surface area contributed by atoms with Crippen molar-refractivity contribution in [3.63, 3.8) is 0 Å². The quantitative estimate of drug-likeness (QED) is 0.719. The molecule has 0 aromatic carbocycles. The van der Waals surface area contributed by atoms with Crippen molar-refractivity contribution in [1.29, 1.82) is 0 Å². The summed E-state index contributed by atoms with van der Waals surface area (Å²) in [6, 6.07) is 0. The zero-order valence-electron chi connectivity index (χ0n) is 10.6. The molecule has 0 radical (unpaired) electrons. The molecule has 0 amide bonds. The molecule has 1 aliphatic carbocycles. The summed E-state index contributed by atoms with van der Waals surface area (Å²) in [5.74, 6) is -5.44. The van der Waals surface area contributed by atoms with Gasteiger partial charge in [0.15, 0.2) is 0 Å². The first-order valence-corrected chi connectivity index (χ1v) is 6.14. The molecular formula is C12H19F3O3. The first kappa shape index (κ1) is 15.3. The van der Waals surface area contributed by atoms with E-state index >= 15 is 0 Å². The van der Waals surface area contributed by atoms with Gasteiger partial charge in [-0.1, -0.05) is 19.3 Å². The number of esters is 1. The molecule has 6 heteroatoms. The Morgan fingerprint density at radius 2 is 1.83 bits per heavy atom. The highest BCUT2D eigenvalue weighted by molar-refractivity contribution is 5.75. The van der Waals surface area contributed by atoms with Gasteiger partial charge >= 0.3 is 11.9 Å². The van der Waals surface area contributed by atoms with Gasteiger partial charge in [-0.25, -0.2) is 9.18 Å². The maximum absolute atomic E-state index is 13.6. The van der Waals surface area contributed by atoms with Crippen LogP contribution in [0.15, 0.2) is 0 Å². The number of alkyl halides is 3. The van der Waals surface area contributed by atoms with E-state index in [-0.39, 0.29) is 6.10 Å². The fourth-order valence-corrected chi connectivity index (χ4v) is 2.05.